The third-order valence-corrected chi connectivity index (χ3v) is 3.42. The van der Waals surface area contributed by atoms with E-state index < -0.39 is 0 Å². The fourth-order valence-electron chi connectivity index (χ4n) is 2.06. The molecule has 0 fully saturated rings. The molecule has 3 heteroatoms. The zero-order valence-electron chi connectivity index (χ0n) is 11.6. The van der Waals surface area contributed by atoms with Gasteiger partial charge in [-0.25, -0.2) is 4.98 Å². The molecule has 0 saturated heterocycles. The van der Waals surface area contributed by atoms with Gasteiger partial charge in [0.25, 0.3) is 0 Å². The van der Waals surface area contributed by atoms with Gasteiger partial charge in [0.05, 0.1) is 0 Å². The van der Waals surface area contributed by atoms with E-state index in [2.05, 4.69) is 17.1 Å². The van der Waals surface area contributed by atoms with Crippen LogP contribution in [0.1, 0.15) is 5.56 Å². The normalized spacial score (nSPS) is 10.4. The highest BCUT2D eigenvalue weighted by Gasteiger charge is 2.04. The molecule has 0 spiro atoms. The summed E-state index contributed by atoms with van der Waals surface area (Å²) in [6, 6.07) is 20.0. The van der Waals surface area contributed by atoms with Crippen LogP contribution in [0.2, 0.25) is 5.15 Å². The van der Waals surface area contributed by atoms with Gasteiger partial charge in [-0.05, 0) is 30.2 Å². The van der Waals surface area contributed by atoms with Gasteiger partial charge in [-0.15, -0.1) is 0 Å². The van der Waals surface area contributed by atoms with Gasteiger partial charge in [0.15, 0.2) is 0 Å². The van der Waals surface area contributed by atoms with Gasteiger partial charge in [0, 0.05) is 17.8 Å². The molecule has 21 heavy (non-hydrogen) atoms. The first-order chi connectivity index (χ1) is 10.2. The molecule has 0 aliphatic heterocycles. The van der Waals surface area contributed by atoms with Crippen molar-refractivity contribution in [1.29, 1.82) is 0 Å². The Balaban J connectivity index is 1.83. The van der Waals surface area contributed by atoms with E-state index in [1.165, 1.54) is 5.56 Å². The molecular formula is C18H14ClNO. The van der Waals surface area contributed by atoms with Gasteiger partial charge >= 0.3 is 0 Å². The Morgan fingerprint density at radius 1 is 0.905 bits per heavy atom. The largest absolute Gasteiger partial charge is 0.457 e. The predicted octanol–water partition coefficient (Wildman–Crippen LogP) is 5.50. The van der Waals surface area contributed by atoms with Crippen LogP contribution in [-0.2, 0) is 0 Å². The Kier molecular flexibility index (Phi) is 3.89. The highest BCUT2D eigenvalue weighted by atomic mass is 35.5. The molecule has 0 aliphatic carbocycles. The summed E-state index contributed by atoms with van der Waals surface area (Å²) in [4.78, 5) is 4.02. The van der Waals surface area contributed by atoms with E-state index in [1.807, 2.05) is 49.4 Å². The lowest BCUT2D eigenvalue weighted by molar-refractivity contribution is 0.478. The van der Waals surface area contributed by atoms with Crippen LogP contribution in [0, 0.1) is 6.92 Å². The molecule has 1 heterocycles. The molecule has 0 saturated carbocycles. The van der Waals surface area contributed by atoms with Crippen molar-refractivity contribution in [3.8, 4) is 22.6 Å². The van der Waals surface area contributed by atoms with Crippen LogP contribution in [0.15, 0.2) is 66.9 Å². The number of halogens is 1. The van der Waals surface area contributed by atoms with Gasteiger partial charge in [0.1, 0.15) is 16.7 Å². The predicted molar refractivity (Wildman–Crippen MR) is 85.9 cm³/mol. The summed E-state index contributed by atoms with van der Waals surface area (Å²) in [5, 5.41) is 0.427. The molecule has 104 valence electrons. The number of hydrogen-bond acceptors (Lipinski definition) is 2. The standard InChI is InChI=1S/C18H14ClNO/c1-13-12-20-18(19)11-17(13)21-16-9-7-15(8-10-16)14-5-3-2-4-6-14/h2-12H,1H3. The first-order valence-electron chi connectivity index (χ1n) is 6.68. The summed E-state index contributed by atoms with van der Waals surface area (Å²) in [7, 11) is 0. The minimum Gasteiger partial charge on any atom is -0.457 e. The molecule has 0 aliphatic rings. The van der Waals surface area contributed by atoms with Crippen LogP contribution in [0.25, 0.3) is 11.1 Å². The van der Waals surface area contributed by atoms with Crippen molar-refractivity contribution in [1.82, 2.24) is 4.98 Å². The second-order valence-electron chi connectivity index (χ2n) is 4.76. The Hall–Kier alpha value is -2.32. The van der Waals surface area contributed by atoms with Crippen molar-refractivity contribution in [2.75, 3.05) is 0 Å². The summed E-state index contributed by atoms with van der Waals surface area (Å²) in [5.74, 6) is 1.50. The van der Waals surface area contributed by atoms with Crippen molar-refractivity contribution in [3.05, 3.63) is 77.6 Å². The van der Waals surface area contributed by atoms with Crippen LogP contribution in [0.4, 0.5) is 0 Å². The molecule has 1 aromatic heterocycles. The summed E-state index contributed by atoms with van der Waals surface area (Å²) >= 11 is 5.90. The average molecular weight is 296 g/mol. The second kappa shape index (κ2) is 5.98. The van der Waals surface area contributed by atoms with Gasteiger partial charge in [-0.3, -0.25) is 0 Å². The molecule has 2 nitrogen and oxygen atoms in total. The summed E-state index contributed by atoms with van der Waals surface area (Å²) in [6.07, 6.45) is 1.70. The maximum absolute atomic E-state index is 5.90. The van der Waals surface area contributed by atoms with Crippen LogP contribution < -0.4 is 4.74 Å². The minimum atomic E-state index is 0.427. The van der Waals surface area contributed by atoms with Gasteiger partial charge < -0.3 is 4.74 Å². The molecule has 0 unspecified atom stereocenters. The molecule has 0 radical (unpaired) electrons. The fraction of sp³-hybridized carbons (Fsp3) is 0.0556. The number of hydrogen-bond donors (Lipinski definition) is 0. The Bertz CT molecular complexity index is 739. The van der Waals surface area contributed by atoms with E-state index >= 15 is 0 Å². The molecule has 3 aromatic rings. The van der Waals surface area contributed by atoms with E-state index in [0.29, 0.717) is 5.15 Å². The number of ether oxygens (including phenoxy) is 1. The zero-order chi connectivity index (χ0) is 14.7. The quantitative estimate of drug-likeness (QED) is 0.595. The van der Waals surface area contributed by atoms with Gasteiger partial charge in [0.2, 0.25) is 0 Å². The van der Waals surface area contributed by atoms with Crippen molar-refractivity contribution in [3.63, 3.8) is 0 Å². The second-order valence-corrected chi connectivity index (χ2v) is 5.15. The third kappa shape index (κ3) is 3.23. The van der Waals surface area contributed by atoms with Crippen LogP contribution in [0.5, 0.6) is 11.5 Å². The summed E-state index contributed by atoms with van der Waals surface area (Å²) < 4.78 is 5.86. The topological polar surface area (TPSA) is 22.1 Å². The van der Waals surface area contributed by atoms with Crippen LogP contribution >= 0.6 is 11.6 Å². The smallest absolute Gasteiger partial charge is 0.134 e. The summed E-state index contributed by atoms with van der Waals surface area (Å²) in [5.41, 5.74) is 3.30. The fourth-order valence-corrected chi connectivity index (χ4v) is 2.21. The number of rotatable bonds is 3. The van der Waals surface area contributed by atoms with Crippen molar-refractivity contribution >= 4 is 11.6 Å². The average Bonchev–Trinajstić information content (AvgIpc) is 2.53. The lowest BCUT2D eigenvalue weighted by Gasteiger charge is -2.09. The van der Waals surface area contributed by atoms with E-state index in [9.17, 15) is 0 Å². The van der Waals surface area contributed by atoms with Crippen molar-refractivity contribution in [2.45, 2.75) is 6.92 Å². The molecule has 3 rings (SSSR count). The Morgan fingerprint density at radius 3 is 2.29 bits per heavy atom. The molecule has 0 amide bonds. The molecular weight excluding hydrogens is 282 g/mol. The number of pyridine rings is 1. The van der Waals surface area contributed by atoms with Crippen molar-refractivity contribution < 1.29 is 4.74 Å². The third-order valence-electron chi connectivity index (χ3n) is 3.21. The highest BCUT2D eigenvalue weighted by molar-refractivity contribution is 6.29. The molecule has 0 atom stereocenters. The number of aromatic nitrogens is 1. The molecule has 2 aromatic carbocycles. The number of aryl methyl sites for hydroxylation is 1. The Labute approximate surface area is 129 Å². The van der Waals surface area contributed by atoms with E-state index in [4.69, 9.17) is 16.3 Å². The maximum Gasteiger partial charge on any atom is 0.134 e. The number of benzene rings is 2. The van der Waals surface area contributed by atoms with Crippen molar-refractivity contribution in [2.24, 2.45) is 0 Å². The number of nitrogens with zero attached hydrogens (tertiary/aromatic N) is 1. The zero-order valence-corrected chi connectivity index (χ0v) is 12.3. The first-order valence-corrected chi connectivity index (χ1v) is 7.06. The monoisotopic (exact) mass is 295 g/mol. The molecule has 0 bridgehead atoms. The minimum absolute atomic E-state index is 0.427. The van der Waals surface area contributed by atoms with E-state index in [0.717, 1.165) is 22.6 Å². The maximum atomic E-state index is 5.90. The lowest BCUT2D eigenvalue weighted by atomic mass is 10.1. The van der Waals surface area contributed by atoms with Crippen LogP contribution in [0.3, 0.4) is 0 Å². The Morgan fingerprint density at radius 2 is 1.57 bits per heavy atom. The van der Waals surface area contributed by atoms with Gasteiger partial charge in [-0.2, -0.15) is 0 Å². The highest BCUT2D eigenvalue weighted by Crippen LogP contribution is 2.28. The first kappa shape index (κ1) is 13.7. The van der Waals surface area contributed by atoms with E-state index in [-0.39, 0.29) is 0 Å². The van der Waals surface area contributed by atoms with Gasteiger partial charge in [-0.1, -0.05) is 54.1 Å². The lowest BCUT2D eigenvalue weighted by Crippen LogP contribution is -1.89. The van der Waals surface area contributed by atoms with E-state index in [1.54, 1.807) is 12.3 Å². The summed E-state index contributed by atoms with van der Waals surface area (Å²) in [6.45, 7) is 1.94. The van der Waals surface area contributed by atoms with Crippen LogP contribution in [-0.4, -0.2) is 4.98 Å². The SMILES string of the molecule is Cc1cnc(Cl)cc1Oc1ccc(-c2ccccc2)cc1. The molecule has 0 N–H and O–H groups in total.